The predicted molar refractivity (Wildman–Crippen MR) is 131 cm³/mol. The van der Waals surface area contributed by atoms with Crippen LogP contribution in [0.3, 0.4) is 0 Å². The minimum absolute atomic E-state index is 0.144. The third-order valence-corrected chi connectivity index (χ3v) is 7.04. The van der Waals surface area contributed by atoms with E-state index >= 15 is 0 Å². The SMILES string of the molecule is Cc1ccc(S(=O)(=O)Oc2c(C)c(-c3ccccc3)c(C)c(-c3ccccc3)c2C)cc1. The average molecular weight is 443 g/mol. The van der Waals surface area contributed by atoms with Crippen molar-refractivity contribution in [1.29, 1.82) is 0 Å². The first-order valence-electron chi connectivity index (χ1n) is 10.6. The molecule has 0 radical (unpaired) electrons. The molecule has 32 heavy (non-hydrogen) atoms. The Labute approximate surface area is 190 Å². The summed E-state index contributed by atoms with van der Waals surface area (Å²) in [6.45, 7) is 7.86. The Kier molecular flexibility index (Phi) is 5.90. The fraction of sp³-hybridized carbons (Fsp3) is 0.143. The Bertz CT molecular complexity index is 1290. The molecular weight excluding hydrogens is 416 g/mol. The molecule has 0 aliphatic carbocycles. The molecule has 0 bridgehead atoms. The van der Waals surface area contributed by atoms with E-state index in [2.05, 4.69) is 6.92 Å². The number of aryl methyl sites for hydroxylation is 1. The lowest BCUT2D eigenvalue weighted by molar-refractivity contribution is 0.482. The Balaban J connectivity index is 1.97. The molecule has 0 N–H and O–H groups in total. The van der Waals surface area contributed by atoms with Crippen LogP contribution in [0.15, 0.2) is 89.8 Å². The lowest BCUT2D eigenvalue weighted by atomic mass is 9.85. The summed E-state index contributed by atoms with van der Waals surface area (Å²) >= 11 is 0. The highest BCUT2D eigenvalue weighted by molar-refractivity contribution is 7.87. The number of benzene rings is 4. The van der Waals surface area contributed by atoms with Crippen LogP contribution in [0, 0.1) is 27.7 Å². The van der Waals surface area contributed by atoms with Crippen LogP contribution < -0.4 is 4.18 Å². The van der Waals surface area contributed by atoms with Crippen LogP contribution in [0.2, 0.25) is 0 Å². The van der Waals surface area contributed by atoms with E-state index in [1.165, 1.54) is 0 Å². The zero-order chi connectivity index (χ0) is 22.9. The van der Waals surface area contributed by atoms with Gasteiger partial charge in [-0.3, -0.25) is 0 Å². The van der Waals surface area contributed by atoms with Crippen LogP contribution in [0.5, 0.6) is 5.75 Å². The van der Waals surface area contributed by atoms with Crippen molar-refractivity contribution in [2.45, 2.75) is 32.6 Å². The van der Waals surface area contributed by atoms with Crippen LogP contribution in [0.4, 0.5) is 0 Å². The van der Waals surface area contributed by atoms with Crippen molar-refractivity contribution in [3.8, 4) is 28.0 Å². The summed E-state index contributed by atoms with van der Waals surface area (Å²) in [6.07, 6.45) is 0. The molecule has 4 aromatic carbocycles. The summed E-state index contributed by atoms with van der Waals surface area (Å²) in [5.41, 5.74) is 7.73. The minimum Gasteiger partial charge on any atom is -0.378 e. The van der Waals surface area contributed by atoms with E-state index in [9.17, 15) is 8.42 Å². The van der Waals surface area contributed by atoms with Crippen molar-refractivity contribution >= 4 is 10.1 Å². The molecule has 0 fully saturated rings. The van der Waals surface area contributed by atoms with Gasteiger partial charge in [-0.15, -0.1) is 0 Å². The Morgan fingerprint density at radius 2 is 1.00 bits per heavy atom. The summed E-state index contributed by atoms with van der Waals surface area (Å²) < 4.78 is 32.2. The molecule has 0 aliphatic heterocycles. The smallest absolute Gasteiger partial charge is 0.339 e. The number of rotatable bonds is 5. The lowest BCUT2D eigenvalue weighted by Gasteiger charge is -2.22. The Morgan fingerprint density at radius 3 is 1.44 bits per heavy atom. The maximum absolute atomic E-state index is 13.2. The molecule has 4 rings (SSSR count). The zero-order valence-electron chi connectivity index (χ0n) is 18.7. The maximum atomic E-state index is 13.2. The van der Waals surface area contributed by atoms with Gasteiger partial charge in [0.2, 0.25) is 0 Å². The van der Waals surface area contributed by atoms with Gasteiger partial charge in [-0.05, 0) is 67.6 Å². The van der Waals surface area contributed by atoms with Crippen LogP contribution in [0.25, 0.3) is 22.3 Å². The molecule has 0 aromatic heterocycles. The quantitative estimate of drug-likeness (QED) is 0.312. The third kappa shape index (κ3) is 4.06. The largest absolute Gasteiger partial charge is 0.378 e. The van der Waals surface area contributed by atoms with Gasteiger partial charge in [-0.25, -0.2) is 0 Å². The monoisotopic (exact) mass is 442 g/mol. The standard InChI is InChI=1S/C28H26O3S/c1-19-15-17-25(18-16-19)32(29,30)31-28-21(3)26(23-11-7-5-8-12-23)20(2)27(22(28)4)24-13-9-6-10-14-24/h5-18H,1-4H3. The topological polar surface area (TPSA) is 43.4 Å². The van der Waals surface area contributed by atoms with Gasteiger partial charge in [-0.1, -0.05) is 78.4 Å². The predicted octanol–water partition coefficient (Wildman–Crippen LogP) is 7.02. The molecule has 0 aliphatic rings. The zero-order valence-corrected chi connectivity index (χ0v) is 19.5. The second-order valence-electron chi connectivity index (χ2n) is 8.04. The molecule has 4 heteroatoms. The molecule has 0 heterocycles. The van der Waals surface area contributed by atoms with E-state index in [4.69, 9.17) is 4.18 Å². The molecule has 0 unspecified atom stereocenters. The fourth-order valence-corrected chi connectivity index (χ4v) is 5.29. The molecular formula is C28H26O3S. The van der Waals surface area contributed by atoms with E-state index in [0.717, 1.165) is 44.5 Å². The first kappa shape index (κ1) is 21.8. The number of hydrogen-bond acceptors (Lipinski definition) is 3. The van der Waals surface area contributed by atoms with Crippen molar-refractivity contribution in [3.05, 3.63) is 107 Å². The van der Waals surface area contributed by atoms with Gasteiger partial charge in [0.25, 0.3) is 0 Å². The summed E-state index contributed by atoms with van der Waals surface area (Å²) in [5, 5.41) is 0. The second-order valence-corrected chi connectivity index (χ2v) is 9.58. The van der Waals surface area contributed by atoms with Crippen LogP contribution in [-0.2, 0) is 10.1 Å². The first-order chi connectivity index (χ1) is 15.3. The van der Waals surface area contributed by atoms with Crippen molar-refractivity contribution in [2.24, 2.45) is 0 Å². The highest BCUT2D eigenvalue weighted by atomic mass is 32.2. The van der Waals surface area contributed by atoms with Gasteiger partial charge in [-0.2, -0.15) is 8.42 Å². The minimum atomic E-state index is -3.99. The highest BCUT2D eigenvalue weighted by Crippen LogP contribution is 2.44. The number of hydrogen-bond donors (Lipinski definition) is 0. The molecule has 4 aromatic rings. The van der Waals surface area contributed by atoms with Crippen molar-refractivity contribution in [1.82, 2.24) is 0 Å². The van der Waals surface area contributed by atoms with Crippen molar-refractivity contribution < 1.29 is 12.6 Å². The van der Waals surface area contributed by atoms with Gasteiger partial charge in [0, 0.05) is 11.1 Å². The van der Waals surface area contributed by atoms with Gasteiger partial charge in [0.05, 0.1) is 0 Å². The lowest BCUT2D eigenvalue weighted by Crippen LogP contribution is -2.13. The molecule has 0 saturated carbocycles. The van der Waals surface area contributed by atoms with E-state index < -0.39 is 10.1 Å². The van der Waals surface area contributed by atoms with E-state index in [1.54, 1.807) is 24.3 Å². The first-order valence-corrected chi connectivity index (χ1v) is 12.0. The third-order valence-electron chi connectivity index (χ3n) is 5.81. The molecule has 0 amide bonds. The maximum Gasteiger partial charge on any atom is 0.339 e. The summed E-state index contributed by atoms with van der Waals surface area (Å²) in [7, 11) is -3.99. The Morgan fingerprint density at radius 1 is 0.562 bits per heavy atom. The summed E-state index contributed by atoms with van der Waals surface area (Å²) in [6, 6.07) is 26.8. The van der Waals surface area contributed by atoms with E-state index in [0.29, 0.717) is 5.75 Å². The van der Waals surface area contributed by atoms with Gasteiger partial charge in [0.15, 0.2) is 0 Å². The average Bonchev–Trinajstić information content (AvgIpc) is 2.79. The second kappa shape index (κ2) is 8.64. The molecule has 162 valence electrons. The van der Waals surface area contributed by atoms with Crippen LogP contribution in [-0.4, -0.2) is 8.42 Å². The van der Waals surface area contributed by atoms with E-state index in [1.807, 2.05) is 81.4 Å². The fourth-order valence-electron chi connectivity index (χ4n) is 4.26. The molecule has 3 nitrogen and oxygen atoms in total. The molecule has 0 saturated heterocycles. The highest BCUT2D eigenvalue weighted by Gasteiger charge is 2.25. The van der Waals surface area contributed by atoms with Crippen LogP contribution >= 0.6 is 0 Å². The normalized spacial score (nSPS) is 11.4. The Hall–Kier alpha value is -3.37. The summed E-state index contributed by atoms with van der Waals surface area (Å²) in [4.78, 5) is 0.144. The summed E-state index contributed by atoms with van der Waals surface area (Å²) in [5.74, 6) is 0.383. The van der Waals surface area contributed by atoms with Crippen molar-refractivity contribution in [2.75, 3.05) is 0 Å². The van der Waals surface area contributed by atoms with Gasteiger partial charge < -0.3 is 4.18 Å². The molecule has 0 atom stereocenters. The van der Waals surface area contributed by atoms with E-state index in [-0.39, 0.29) is 4.90 Å². The van der Waals surface area contributed by atoms with Crippen LogP contribution in [0.1, 0.15) is 22.3 Å². The van der Waals surface area contributed by atoms with Gasteiger partial charge >= 0.3 is 10.1 Å². The van der Waals surface area contributed by atoms with Gasteiger partial charge in [0.1, 0.15) is 10.6 Å². The van der Waals surface area contributed by atoms with Crippen molar-refractivity contribution in [3.63, 3.8) is 0 Å². The molecule has 0 spiro atoms.